The van der Waals surface area contributed by atoms with Crippen LogP contribution in [0, 0.1) is 0 Å². The van der Waals surface area contributed by atoms with E-state index in [4.69, 9.17) is 5.11 Å². The number of hydrogen-bond acceptors (Lipinski definition) is 2. The fourth-order valence-electron chi connectivity index (χ4n) is 3.12. The van der Waals surface area contributed by atoms with Gasteiger partial charge in [0, 0.05) is 22.0 Å². The molecule has 1 unspecified atom stereocenters. The Morgan fingerprint density at radius 1 is 1.00 bits per heavy atom. The minimum atomic E-state index is -4.46. The van der Waals surface area contributed by atoms with Crippen molar-refractivity contribution < 1.29 is 27.3 Å². The molecule has 3 rings (SSSR count). The fourth-order valence-corrected chi connectivity index (χ4v) is 3.64. The summed E-state index contributed by atoms with van der Waals surface area (Å²) in [5.74, 6) is -1.01. The Morgan fingerprint density at radius 3 is 2.25 bits per heavy atom. The summed E-state index contributed by atoms with van der Waals surface area (Å²) in [4.78, 5) is 11.7. The number of halogens is 3. The summed E-state index contributed by atoms with van der Waals surface area (Å²) in [6.45, 7) is 0. The number of rotatable bonds is 5. The molecule has 0 amide bonds. The van der Waals surface area contributed by atoms with E-state index in [-0.39, 0.29) is 6.42 Å². The van der Waals surface area contributed by atoms with Gasteiger partial charge in [-0.25, -0.2) is 0 Å². The van der Waals surface area contributed by atoms with Crippen molar-refractivity contribution in [2.24, 2.45) is 0 Å². The Labute approximate surface area is 162 Å². The van der Waals surface area contributed by atoms with Crippen molar-refractivity contribution in [1.82, 2.24) is 0 Å². The fraction of sp³-hybridized carbons (Fsp3) is 0.190. The van der Waals surface area contributed by atoms with Crippen LogP contribution in [0.1, 0.15) is 22.3 Å². The zero-order chi connectivity index (χ0) is 20.5. The highest BCUT2D eigenvalue weighted by Gasteiger charge is 2.30. The average Bonchev–Trinajstić information content (AvgIpc) is 2.60. The molecule has 0 aromatic heterocycles. The van der Waals surface area contributed by atoms with E-state index in [2.05, 4.69) is 0 Å². The Hall–Kier alpha value is -2.67. The van der Waals surface area contributed by atoms with Gasteiger partial charge in [0.2, 0.25) is 0 Å². The van der Waals surface area contributed by atoms with Crippen LogP contribution >= 0.6 is 0 Å². The standard InChI is InChI=1S/C21H17F3O3S/c1-28(27)18-6-2-13(3-7-18)8-16-10-14(11-20(25)26)9-15-4-5-17(12-19(15)16)21(22,23)24/h2-7,9-10,12H,8,11H2,1H3,(H,25,26). The average molecular weight is 406 g/mol. The molecule has 28 heavy (non-hydrogen) atoms. The summed E-state index contributed by atoms with van der Waals surface area (Å²) >= 11 is 0. The van der Waals surface area contributed by atoms with E-state index < -0.39 is 28.5 Å². The summed E-state index contributed by atoms with van der Waals surface area (Å²) in [6.07, 6.45) is -2.77. The Morgan fingerprint density at radius 2 is 1.68 bits per heavy atom. The van der Waals surface area contributed by atoms with Crippen LogP contribution in [0.3, 0.4) is 0 Å². The van der Waals surface area contributed by atoms with Crippen LogP contribution in [0.5, 0.6) is 0 Å². The van der Waals surface area contributed by atoms with Crippen molar-refractivity contribution in [2.75, 3.05) is 6.26 Å². The summed E-state index contributed by atoms with van der Waals surface area (Å²) in [5, 5.41) is 10.1. The molecule has 3 aromatic carbocycles. The lowest BCUT2D eigenvalue weighted by molar-refractivity contribution is -0.138. The molecule has 0 fully saturated rings. The van der Waals surface area contributed by atoms with Gasteiger partial charge in [-0.1, -0.05) is 30.3 Å². The third-order valence-electron chi connectivity index (χ3n) is 4.43. The molecule has 0 bridgehead atoms. The molecule has 0 aliphatic rings. The molecule has 1 atom stereocenters. The Kier molecular flexibility index (Phi) is 5.56. The van der Waals surface area contributed by atoms with Crippen molar-refractivity contribution in [2.45, 2.75) is 23.9 Å². The van der Waals surface area contributed by atoms with Gasteiger partial charge >= 0.3 is 12.1 Å². The van der Waals surface area contributed by atoms with Gasteiger partial charge in [-0.15, -0.1) is 0 Å². The van der Waals surface area contributed by atoms with Gasteiger partial charge in [-0.2, -0.15) is 13.2 Å². The van der Waals surface area contributed by atoms with Crippen molar-refractivity contribution in [3.8, 4) is 0 Å². The first kappa shape index (κ1) is 20.1. The molecule has 0 aliphatic heterocycles. The molecule has 0 spiro atoms. The highest BCUT2D eigenvalue weighted by Crippen LogP contribution is 2.33. The molecule has 7 heteroatoms. The molecule has 3 nitrogen and oxygen atoms in total. The first-order valence-electron chi connectivity index (χ1n) is 8.40. The number of carboxylic acid groups (broad SMARTS) is 1. The second-order valence-electron chi connectivity index (χ2n) is 6.53. The molecule has 0 saturated carbocycles. The quantitative estimate of drug-likeness (QED) is 0.661. The van der Waals surface area contributed by atoms with Crippen LogP contribution < -0.4 is 0 Å². The van der Waals surface area contributed by atoms with Crippen LogP contribution in [0.2, 0.25) is 0 Å². The molecule has 0 radical (unpaired) electrons. The van der Waals surface area contributed by atoms with Crippen LogP contribution in [-0.4, -0.2) is 21.5 Å². The van der Waals surface area contributed by atoms with Crippen molar-refractivity contribution in [1.29, 1.82) is 0 Å². The van der Waals surface area contributed by atoms with Gasteiger partial charge in [0.1, 0.15) is 0 Å². The lowest BCUT2D eigenvalue weighted by Gasteiger charge is -2.13. The van der Waals surface area contributed by atoms with Gasteiger partial charge < -0.3 is 5.11 Å². The van der Waals surface area contributed by atoms with E-state index in [0.29, 0.717) is 33.2 Å². The van der Waals surface area contributed by atoms with Gasteiger partial charge in [0.25, 0.3) is 0 Å². The molecular formula is C21H17F3O3S. The molecule has 146 valence electrons. The largest absolute Gasteiger partial charge is 0.481 e. The maximum absolute atomic E-state index is 13.1. The first-order chi connectivity index (χ1) is 13.1. The summed E-state index contributed by atoms with van der Waals surface area (Å²) in [6, 6.07) is 13.7. The van der Waals surface area contributed by atoms with Gasteiger partial charge in [-0.05, 0) is 58.1 Å². The van der Waals surface area contributed by atoms with Crippen LogP contribution in [0.4, 0.5) is 13.2 Å². The first-order valence-corrected chi connectivity index (χ1v) is 9.96. The molecular weight excluding hydrogens is 389 g/mol. The summed E-state index contributed by atoms with van der Waals surface area (Å²) in [5.41, 5.74) is 1.23. The smallest absolute Gasteiger partial charge is 0.416 e. The zero-order valence-electron chi connectivity index (χ0n) is 14.9. The van der Waals surface area contributed by atoms with Crippen molar-refractivity contribution >= 4 is 27.5 Å². The van der Waals surface area contributed by atoms with Gasteiger partial charge in [0.05, 0.1) is 12.0 Å². The van der Waals surface area contributed by atoms with Crippen molar-refractivity contribution in [3.63, 3.8) is 0 Å². The van der Waals surface area contributed by atoms with E-state index in [1.807, 2.05) is 0 Å². The molecule has 3 aromatic rings. The normalized spacial score (nSPS) is 12.9. The van der Waals surface area contributed by atoms with E-state index in [1.165, 1.54) is 6.07 Å². The summed E-state index contributed by atoms with van der Waals surface area (Å²) < 4.78 is 50.9. The highest BCUT2D eigenvalue weighted by atomic mass is 32.2. The SMILES string of the molecule is CS(=O)c1ccc(Cc2cc(CC(=O)O)cc3ccc(C(F)(F)F)cc23)cc1. The zero-order valence-corrected chi connectivity index (χ0v) is 15.7. The van der Waals surface area contributed by atoms with Crippen molar-refractivity contribution in [3.05, 3.63) is 76.9 Å². The Balaban J connectivity index is 2.10. The van der Waals surface area contributed by atoms with Crippen LogP contribution in [0.25, 0.3) is 10.8 Å². The second-order valence-corrected chi connectivity index (χ2v) is 7.91. The third kappa shape index (κ3) is 4.59. The van der Waals surface area contributed by atoms with E-state index in [0.717, 1.165) is 17.7 Å². The van der Waals surface area contributed by atoms with Gasteiger partial charge in [-0.3, -0.25) is 9.00 Å². The topological polar surface area (TPSA) is 54.4 Å². The van der Waals surface area contributed by atoms with Crippen LogP contribution in [-0.2, 0) is 34.6 Å². The lowest BCUT2D eigenvalue weighted by atomic mass is 9.93. The number of fused-ring (bicyclic) bond motifs is 1. The number of carbonyl (C=O) groups is 1. The predicted octanol–water partition coefficient (Wildman–Crippen LogP) is 4.81. The van der Waals surface area contributed by atoms with E-state index >= 15 is 0 Å². The highest BCUT2D eigenvalue weighted by molar-refractivity contribution is 7.84. The van der Waals surface area contributed by atoms with E-state index in [9.17, 15) is 22.2 Å². The second kappa shape index (κ2) is 7.75. The molecule has 0 aliphatic carbocycles. The summed E-state index contributed by atoms with van der Waals surface area (Å²) in [7, 11) is -1.12. The van der Waals surface area contributed by atoms with E-state index in [1.54, 1.807) is 42.7 Å². The molecule has 0 heterocycles. The molecule has 1 N–H and O–H groups in total. The van der Waals surface area contributed by atoms with Crippen LogP contribution in [0.15, 0.2) is 59.5 Å². The minimum Gasteiger partial charge on any atom is -0.481 e. The monoisotopic (exact) mass is 406 g/mol. The van der Waals surface area contributed by atoms with Gasteiger partial charge in [0.15, 0.2) is 0 Å². The third-order valence-corrected chi connectivity index (χ3v) is 5.37. The number of hydrogen-bond donors (Lipinski definition) is 1. The number of carboxylic acids is 1. The molecule has 0 saturated heterocycles. The number of aliphatic carboxylic acids is 1. The maximum Gasteiger partial charge on any atom is 0.416 e. The number of alkyl halides is 3. The lowest BCUT2D eigenvalue weighted by Crippen LogP contribution is -2.06. The maximum atomic E-state index is 13.1. The number of benzene rings is 3. The Bertz CT molecular complexity index is 1060. The minimum absolute atomic E-state index is 0.211. The predicted molar refractivity (Wildman–Crippen MR) is 102 cm³/mol.